The topological polar surface area (TPSA) is 79.5 Å². The van der Waals surface area contributed by atoms with Crippen molar-refractivity contribution in [2.45, 2.75) is 32.9 Å². The predicted molar refractivity (Wildman–Crippen MR) is 53.7 cm³/mol. The molecule has 0 fully saturated rings. The van der Waals surface area contributed by atoms with Gasteiger partial charge in [-0.1, -0.05) is 5.16 Å². The quantitative estimate of drug-likeness (QED) is 0.687. The van der Waals surface area contributed by atoms with E-state index in [2.05, 4.69) is 10.3 Å². The summed E-state index contributed by atoms with van der Waals surface area (Å²) < 4.78 is 1.82. The van der Waals surface area contributed by atoms with Gasteiger partial charge >= 0.3 is 0 Å². The molecular weight excluding hydrogens is 210 g/mol. The molecule has 1 aliphatic rings. The Bertz CT molecular complexity index is 450. The molecule has 6 heteroatoms. The van der Waals surface area contributed by atoms with E-state index >= 15 is 0 Å². The summed E-state index contributed by atoms with van der Waals surface area (Å²) in [4.78, 5) is 15.4. The molecule has 16 heavy (non-hydrogen) atoms. The van der Waals surface area contributed by atoms with Gasteiger partial charge in [-0.25, -0.2) is 0 Å². The standard InChI is InChI=1S/C10H13N3O3/c1-3-13-6(2)7(5-11-13)8-4-9(10(14)15)16-12-8/h5,9H,3-4H2,1-2H3,(H,14,15)/p-1/t9-/m0/s1. The molecule has 6 nitrogen and oxygen atoms in total. The number of hydrogen-bond donors (Lipinski definition) is 0. The number of hydrogen-bond acceptors (Lipinski definition) is 5. The zero-order chi connectivity index (χ0) is 11.7. The van der Waals surface area contributed by atoms with Crippen molar-refractivity contribution in [1.82, 2.24) is 9.78 Å². The second-order valence-electron chi connectivity index (χ2n) is 3.61. The molecular formula is C10H12N3O3-. The number of carbonyl (C=O) groups is 1. The van der Waals surface area contributed by atoms with Gasteiger partial charge in [-0.15, -0.1) is 0 Å². The molecule has 1 atom stereocenters. The molecule has 86 valence electrons. The van der Waals surface area contributed by atoms with E-state index in [9.17, 15) is 9.90 Å². The van der Waals surface area contributed by atoms with E-state index in [1.807, 2.05) is 18.5 Å². The van der Waals surface area contributed by atoms with E-state index in [1.165, 1.54) is 0 Å². The van der Waals surface area contributed by atoms with Gasteiger partial charge in [-0.3, -0.25) is 4.68 Å². The predicted octanol–water partition coefficient (Wildman–Crippen LogP) is -0.546. The first kappa shape index (κ1) is 10.7. The average molecular weight is 222 g/mol. The number of oxime groups is 1. The third-order valence-electron chi connectivity index (χ3n) is 2.65. The van der Waals surface area contributed by atoms with Crippen LogP contribution < -0.4 is 5.11 Å². The maximum atomic E-state index is 10.6. The molecule has 0 bridgehead atoms. The van der Waals surface area contributed by atoms with Crippen LogP contribution in [0.4, 0.5) is 0 Å². The Morgan fingerprint density at radius 3 is 3.00 bits per heavy atom. The van der Waals surface area contributed by atoms with Crippen molar-refractivity contribution in [2.24, 2.45) is 5.16 Å². The molecule has 0 aliphatic carbocycles. The molecule has 0 aromatic carbocycles. The fourth-order valence-electron chi connectivity index (χ4n) is 1.71. The van der Waals surface area contributed by atoms with Crippen molar-refractivity contribution in [3.05, 3.63) is 17.5 Å². The highest BCUT2D eigenvalue weighted by molar-refractivity contribution is 6.03. The molecule has 0 N–H and O–H groups in total. The molecule has 0 unspecified atom stereocenters. The number of aryl methyl sites for hydroxylation is 1. The lowest BCUT2D eigenvalue weighted by atomic mass is 10.1. The molecule has 0 spiro atoms. The lowest BCUT2D eigenvalue weighted by Gasteiger charge is -2.07. The first-order chi connectivity index (χ1) is 7.63. The average Bonchev–Trinajstić information content (AvgIpc) is 2.83. The Morgan fingerprint density at radius 1 is 1.75 bits per heavy atom. The van der Waals surface area contributed by atoms with Crippen LogP contribution in [0.5, 0.6) is 0 Å². The van der Waals surface area contributed by atoms with E-state index < -0.39 is 12.1 Å². The molecule has 1 aliphatic heterocycles. The summed E-state index contributed by atoms with van der Waals surface area (Å²) in [6, 6.07) is 0. The smallest absolute Gasteiger partial charge is 0.172 e. The van der Waals surface area contributed by atoms with Crippen LogP contribution in [-0.2, 0) is 16.2 Å². The van der Waals surface area contributed by atoms with Crippen molar-refractivity contribution < 1.29 is 14.7 Å². The van der Waals surface area contributed by atoms with Crippen LogP contribution in [0.3, 0.4) is 0 Å². The van der Waals surface area contributed by atoms with Crippen molar-refractivity contribution in [3.63, 3.8) is 0 Å². The number of aromatic nitrogens is 2. The highest BCUT2D eigenvalue weighted by Crippen LogP contribution is 2.18. The van der Waals surface area contributed by atoms with Crippen molar-refractivity contribution >= 4 is 11.7 Å². The number of carboxylic acids is 1. The summed E-state index contributed by atoms with van der Waals surface area (Å²) in [7, 11) is 0. The van der Waals surface area contributed by atoms with Crippen LogP contribution in [0.25, 0.3) is 0 Å². The molecule has 2 rings (SSSR count). The number of rotatable bonds is 3. The summed E-state index contributed by atoms with van der Waals surface area (Å²) in [5.74, 6) is -1.24. The maximum Gasteiger partial charge on any atom is 0.172 e. The van der Waals surface area contributed by atoms with Gasteiger partial charge in [0.05, 0.1) is 17.9 Å². The number of aliphatic carboxylic acids is 1. The molecule has 0 amide bonds. The van der Waals surface area contributed by atoms with Gasteiger partial charge in [0, 0.05) is 24.2 Å². The van der Waals surface area contributed by atoms with Crippen LogP contribution in [0.2, 0.25) is 0 Å². The van der Waals surface area contributed by atoms with Gasteiger partial charge < -0.3 is 14.7 Å². The van der Waals surface area contributed by atoms with Gasteiger partial charge in [0.2, 0.25) is 0 Å². The molecule has 0 saturated carbocycles. The van der Waals surface area contributed by atoms with E-state index in [1.54, 1.807) is 6.20 Å². The Hall–Kier alpha value is -1.85. The van der Waals surface area contributed by atoms with E-state index in [0.717, 1.165) is 17.8 Å². The fourth-order valence-corrected chi connectivity index (χ4v) is 1.71. The van der Waals surface area contributed by atoms with Crippen LogP contribution >= 0.6 is 0 Å². The summed E-state index contributed by atoms with van der Waals surface area (Å²) in [5.41, 5.74) is 2.42. The monoisotopic (exact) mass is 222 g/mol. The van der Waals surface area contributed by atoms with Gasteiger partial charge in [-0.05, 0) is 13.8 Å². The summed E-state index contributed by atoms with van der Waals surface area (Å²) in [5, 5.41) is 18.5. The fraction of sp³-hybridized carbons (Fsp3) is 0.500. The summed E-state index contributed by atoms with van der Waals surface area (Å²) >= 11 is 0. The van der Waals surface area contributed by atoms with Gasteiger partial charge in [0.25, 0.3) is 0 Å². The second kappa shape index (κ2) is 3.96. The van der Waals surface area contributed by atoms with Gasteiger partial charge in [-0.2, -0.15) is 5.10 Å². The highest BCUT2D eigenvalue weighted by Gasteiger charge is 2.25. The minimum absolute atomic E-state index is 0.235. The number of carbonyl (C=O) groups excluding carboxylic acids is 1. The van der Waals surface area contributed by atoms with Crippen LogP contribution in [0, 0.1) is 6.92 Å². The Kier molecular flexibility index (Phi) is 2.64. The third-order valence-corrected chi connectivity index (χ3v) is 2.65. The number of carboxylic acid groups (broad SMARTS) is 1. The van der Waals surface area contributed by atoms with Crippen LogP contribution in [-0.4, -0.2) is 27.6 Å². The normalized spacial score (nSPS) is 19.4. The summed E-state index contributed by atoms with van der Waals surface area (Å²) in [6.45, 7) is 4.67. The Labute approximate surface area is 92.5 Å². The molecule has 0 saturated heterocycles. The Balaban J connectivity index is 2.20. The first-order valence-electron chi connectivity index (χ1n) is 5.09. The largest absolute Gasteiger partial charge is 0.546 e. The van der Waals surface area contributed by atoms with Crippen molar-refractivity contribution in [1.29, 1.82) is 0 Å². The third kappa shape index (κ3) is 1.66. The highest BCUT2D eigenvalue weighted by atomic mass is 16.7. The molecule has 2 heterocycles. The van der Waals surface area contributed by atoms with Crippen molar-refractivity contribution in [2.75, 3.05) is 0 Å². The zero-order valence-electron chi connectivity index (χ0n) is 9.14. The van der Waals surface area contributed by atoms with Gasteiger partial charge in [0.15, 0.2) is 6.10 Å². The zero-order valence-corrected chi connectivity index (χ0v) is 9.14. The maximum absolute atomic E-state index is 10.6. The second-order valence-corrected chi connectivity index (χ2v) is 3.61. The lowest BCUT2D eigenvalue weighted by molar-refractivity contribution is -0.315. The van der Waals surface area contributed by atoms with E-state index in [0.29, 0.717) is 5.71 Å². The van der Waals surface area contributed by atoms with Crippen LogP contribution in [0.15, 0.2) is 11.4 Å². The van der Waals surface area contributed by atoms with Gasteiger partial charge in [0.1, 0.15) is 0 Å². The van der Waals surface area contributed by atoms with E-state index in [-0.39, 0.29) is 6.42 Å². The van der Waals surface area contributed by atoms with Crippen molar-refractivity contribution in [3.8, 4) is 0 Å². The van der Waals surface area contributed by atoms with E-state index in [4.69, 9.17) is 4.84 Å². The minimum Gasteiger partial charge on any atom is -0.546 e. The Morgan fingerprint density at radius 2 is 2.50 bits per heavy atom. The first-order valence-corrected chi connectivity index (χ1v) is 5.09. The lowest BCUT2D eigenvalue weighted by Crippen LogP contribution is -2.35. The molecule has 0 radical (unpaired) electrons. The molecule has 1 aromatic rings. The minimum atomic E-state index is -1.24. The molecule has 1 aromatic heterocycles. The summed E-state index contributed by atoms with van der Waals surface area (Å²) in [6.07, 6.45) is 0.941. The SMILES string of the molecule is CCn1ncc(C2=NO[C@H](C(=O)[O-])C2)c1C. The number of nitrogens with zero attached hydrogens (tertiary/aromatic N) is 3. The van der Waals surface area contributed by atoms with Crippen LogP contribution in [0.1, 0.15) is 24.6 Å².